The van der Waals surface area contributed by atoms with Crippen molar-refractivity contribution in [3.63, 3.8) is 0 Å². The number of nitrogens with one attached hydrogen (secondary N) is 2. The van der Waals surface area contributed by atoms with Crippen molar-refractivity contribution >= 4 is 27.9 Å². The van der Waals surface area contributed by atoms with Gasteiger partial charge in [-0.1, -0.05) is 24.3 Å². The highest BCUT2D eigenvalue weighted by Crippen LogP contribution is 2.32. The molecule has 0 aliphatic rings. The molecule has 0 fully saturated rings. The smallest absolute Gasteiger partial charge is 0.335 e. The van der Waals surface area contributed by atoms with Crippen LogP contribution in [0.1, 0.15) is 10.4 Å². The van der Waals surface area contributed by atoms with Crippen LogP contribution in [0.4, 0.5) is 0 Å². The summed E-state index contributed by atoms with van der Waals surface area (Å²) in [5.74, 6) is -0.927. The molecule has 0 saturated carbocycles. The minimum absolute atomic E-state index is 0.275. The second-order valence-corrected chi connectivity index (χ2v) is 6.48. The molecular weight excluding hydrogens is 338 g/mol. The second kappa shape index (κ2) is 5.85. The molecule has 3 N–H and O–H groups in total. The number of carboxylic acid groups (broad SMARTS) is 1. The summed E-state index contributed by atoms with van der Waals surface area (Å²) in [4.78, 5) is 22.1. The topological polar surface area (TPSA) is 81.8 Å². The molecule has 5 rings (SSSR count). The molecule has 5 nitrogen and oxygen atoms in total. The summed E-state index contributed by atoms with van der Waals surface area (Å²) in [6.07, 6.45) is 5.70. The van der Waals surface area contributed by atoms with Gasteiger partial charge in [0.25, 0.3) is 0 Å². The van der Waals surface area contributed by atoms with E-state index in [4.69, 9.17) is 5.11 Å². The summed E-state index contributed by atoms with van der Waals surface area (Å²) in [6, 6.07) is 17.3. The van der Waals surface area contributed by atoms with Gasteiger partial charge in [0.1, 0.15) is 5.65 Å². The van der Waals surface area contributed by atoms with Crippen LogP contribution in [0.5, 0.6) is 0 Å². The van der Waals surface area contributed by atoms with Crippen molar-refractivity contribution in [2.45, 2.75) is 0 Å². The number of H-pyrrole nitrogens is 2. The lowest BCUT2D eigenvalue weighted by atomic mass is 10.0. The molecule has 5 heteroatoms. The molecule has 2 aromatic carbocycles. The van der Waals surface area contributed by atoms with Crippen molar-refractivity contribution < 1.29 is 9.90 Å². The van der Waals surface area contributed by atoms with Crippen molar-refractivity contribution in [3.8, 4) is 22.3 Å². The van der Waals surface area contributed by atoms with Gasteiger partial charge >= 0.3 is 5.97 Å². The third-order valence-electron chi connectivity index (χ3n) is 4.86. The first-order valence-corrected chi connectivity index (χ1v) is 8.57. The number of fused-ring (bicyclic) bond motifs is 2. The minimum Gasteiger partial charge on any atom is -0.478 e. The van der Waals surface area contributed by atoms with Crippen molar-refractivity contribution in [1.29, 1.82) is 0 Å². The Balaban J connectivity index is 1.62. The molecule has 0 spiro atoms. The number of hydrogen-bond donors (Lipinski definition) is 3. The number of hydrogen-bond acceptors (Lipinski definition) is 2. The Kier molecular flexibility index (Phi) is 3.33. The number of pyridine rings is 1. The molecular formula is C22H15N3O2. The second-order valence-electron chi connectivity index (χ2n) is 6.48. The molecule has 3 aromatic heterocycles. The molecule has 0 unspecified atom stereocenters. The fourth-order valence-corrected chi connectivity index (χ4v) is 3.42. The third kappa shape index (κ3) is 2.57. The van der Waals surface area contributed by atoms with Crippen LogP contribution in [-0.4, -0.2) is 26.0 Å². The summed E-state index contributed by atoms with van der Waals surface area (Å²) in [6.45, 7) is 0. The molecule has 0 aliphatic heterocycles. The van der Waals surface area contributed by atoms with Crippen LogP contribution in [0, 0.1) is 0 Å². The lowest BCUT2D eigenvalue weighted by molar-refractivity contribution is 0.0697. The normalized spacial score (nSPS) is 11.3. The first kappa shape index (κ1) is 15.4. The van der Waals surface area contributed by atoms with Crippen LogP contribution >= 0.6 is 0 Å². The SMILES string of the molecule is O=C(O)c1ccc(-c2c[nH]c3ncc(-c4ccc5cc[nH]c5c4)cc23)cc1. The van der Waals surface area contributed by atoms with E-state index < -0.39 is 5.97 Å². The van der Waals surface area contributed by atoms with Gasteiger partial charge in [0, 0.05) is 40.6 Å². The van der Waals surface area contributed by atoms with Crippen molar-refractivity contribution in [2.24, 2.45) is 0 Å². The van der Waals surface area contributed by atoms with Gasteiger partial charge in [0.05, 0.1) is 5.56 Å². The largest absolute Gasteiger partial charge is 0.478 e. The lowest BCUT2D eigenvalue weighted by Gasteiger charge is -2.04. The Morgan fingerprint density at radius 3 is 2.52 bits per heavy atom. The van der Waals surface area contributed by atoms with Crippen LogP contribution in [0.25, 0.3) is 44.2 Å². The average Bonchev–Trinajstić information content (AvgIpc) is 3.33. The lowest BCUT2D eigenvalue weighted by Crippen LogP contribution is -1.94. The van der Waals surface area contributed by atoms with E-state index in [0.717, 1.165) is 38.8 Å². The Labute approximate surface area is 154 Å². The van der Waals surface area contributed by atoms with E-state index in [2.05, 4.69) is 39.2 Å². The summed E-state index contributed by atoms with van der Waals surface area (Å²) in [5.41, 5.74) is 6.23. The zero-order valence-electron chi connectivity index (χ0n) is 14.2. The van der Waals surface area contributed by atoms with Crippen LogP contribution < -0.4 is 0 Å². The zero-order valence-corrected chi connectivity index (χ0v) is 14.2. The predicted octanol–water partition coefficient (Wildman–Crippen LogP) is 5.08. The van der Waals surface area contributed by atoms with E-state index >= 15 is 0 Å². The van der Waals surface area contributed by atoms with E-state index in [9.17, 15) is 4.79 Å². The summed E-state index contributed by atoms with van der Waals surface area (Å²) in [5, 5.41) is 11.3. The van der Waals surface area contributed by atoms with Gasteiger partial charge in [-0.2, -0.15) is 0 Å². The monoisotopic (exact) mass is 353 g/mol. The molecule has 0 atom stereocenters. The Bertz CT molecular complexity index is 1300. The molecule has 0 bridgehead atoms. The fourth-order valence-electron chi connectivity index (χ4n) is 3.42. The maximum Gasteiger partial charge on any atom is 0.335 e. The number of nitrogens with zero attached hydrogens (tertiary/aromatic N) is 1. The predicted molar refractivity (Wildman–Crippen MR) is 106 cm³/mol. The van der Waals surface area contributed by atoms with Gasteiger partial charge < -0.3 is 15.1 Å². The van der Waals surface area contributed by atoms with Gasteiger partial charge in [-0.05, 0) is 46.8 Å². The zero-order chi connectivity index (χ0) is 18.4. The molecule has 0 amide bonds. The minimum atomic E-state index is -0.927. The van der Waals surface area contributed by atoms with Crippen molar-refractivity contribution in [2.75, 3.05) is 0 Å². The Morgan fingerprint density at radius 1 is 0.889 bits per heavy atom. The van der Waals surface area contributed by atoms with E-state index in [0.29, 0.717) is 0 Å². The fraction of sp³-hybridized carbons (Fsp3) is 0. The van der Waals surface area contributed by atoms with Gasteiger partial charge in [-0.15, -0.1) is 0 Å². The van der Waals surface area contributed by atoms with Crippen molar-refractivity contribution in [3.05, 3.63) is 78.8 Å². The average molecular weight is 353 g/mol. The molecule has 27 heavy (non-hydrogen) atoms. The van der Waals surface area contributed by atoms with Gasteiger partial charge in [0.2, 0.25) is 0 Å². The number of benzene rings is 2. The van der Waals surface area contributed by atoms with E-state index in [1.165, 1.54) is 5.39 Å². The molecule has 5 aromatic rings. The van der Waals surface area contributed by atoms with Crippen LogP contribution in [0.3, 0.4) is 0 Å². The number of aromatic amines is 2. The summed E-state index contributed by atoms with van der Waals surface area (Å²) < 4.78 is 0. The summed E-state index contributed by atoms with van der Waals surface area (Å²) >= 11 is 0. The molecule has 3 heterocycles. The molecule has 0 saturated heterocycles. The Morgan fingerprint density at radius 2 is 1.70 bits per heavy atom. The standard InChI is InChI=1S/C22H15N3O2/c26-22(27)15-4-1-13(2-5-15)19-12-25-21-18(19)9-17(11-24-21)16-6-3-14-7-8-23-20(14)10-16/h1-12,23H,(H,24,25)(H,26,27). The number of aromatic carboxylic acids is 1. The van der Waals surface area contributed by atoms with Gasteiger partial charge in [-0.25, -0.2) is 9.78 Å². The van der Waals surface area contributed by atoms with E-state index in [-0.39, 0.29) is 5.56 Å². The van der Waals surface area contributed by atoms with Gasteiger partial charge in [0.15, 0.2) is 0 Å². The maximum absolute atomic E-state index is 11.1. The van der Waals surface area contributed by atoms with Crippen molar-refractivity contribution in [1.82, 2.24) is 15.0 Å². The highest BCUT2D eigenvalue weighted by molar-refractivity contribution is 5.97. The highest BCUT2D eigenvalue weighted by Gasteiger charge is 2.11. The summed E-state index contributed by atoms with van der Waals surface area (Å²) in [7, 11) is 0. The van der Waals surface area contributed by atoms with Crippen LogP contribution in [0.2, 0.25) is 0 Å². The number of carboxylic acids is 1. The molecule has 0 aliphatic carbocycles. The number of aromatic nitrogens is 3. The van der Waals surface area contributed by atoms with Crippen LogP contribution in [-0.2, 0) is 0 Å². The highest BCUT2D eigenvalue weighted by atomic mass is 16.4. The first-order chi connectivity index (χ1) is 13.2. The van der Waals surface area contributed by atoms with Crippen LogP contribution in [0.15, 0.2) is 73.2 Å². The number of carbonyl (C=O) groups is 1. The Hall–Kier alpha value is -3.86. The molecule has 130 valence electrons. The third-order valence-corrected chi connectivity index (χ3v) is 4.86. The molecule has 0 radical (unpaired) electrons. The number of rotatable bonds is 3. The van der Waals surface area contributed by atoms with E-state index in [1.54, 1.807) is 12.1 Å². The maximum atomic E-state index is 11.1. The quantitative estimate of drug-likeness (QED) is 0.423. The van der Waals surface area contributed by atoms with E-state index in [1.807, 2.05) is 36.8 Å². The first-order valence-electron chi connectivity index (χ1n) is 8.57. The van der Waals surface area contributed by atoms with Gasteiger partial charge in [-0.3, -0.25) is 0 Å².